The maximum absolute atomic E-state index is 11.7. The van der Waals surface area contributed by atoms with Crippen LogP contribution in [0, 0.1) is 5.92 Å². The molecule has 0 saturated carbocycles. The Bertz CT molecular complexity index is 495. The van der Waals surface area contributed by atoms with E-state index in [-0.39, 0.29) is 18.4 Å². The summed E-state index contributed by atoms with van der Waals surface area (Å²) < 4.78 is 5.08. The first-order valence-electron chi connectivity index (χ1n) is 6.93. The first-order valence-corrected chi connectivity index (χ1v) is 6.93. The molecule has 1 amide bonds. The molecule has 1 aromatic carbocycles. The quantitative estimate of drug-likeness (QED) is 0.759. The molecule has 2 rings (SSSR count). The summed E-state index contributed by atoms with van der Waals surface area (Å²) in [4.78, 5) is 24.2. The summed E-state index contributed by atoms with van der Waals surface area (Å²) in [5, 5.41) is 11.6. The topological polar surface area (TPSA) is 78.9 Å². The molecule has 1 fully saturated rings. The van der Waals surface area contributed by atoms with Gasteiger partial charge in [-0.1, -0.05) is 12.1 Å². The molecule has 0 aromatic heterocycles. The highest BCUT2D eigenvalue weighted by molar-refractivity contribution is 5.79. The summed E-state index contributed by atoms with van der Waals surface area (Å²) in [6.45, 7) is 1.76. The summed E-state index contributed by atoms with van der Waals surface area (Å²) in [7, 11) is 1.62. The van der Waals surface area contributed by atoms with Crippen LogP contribution in [-0.4, -0.2) is 55.2 Å². The van der Waals surface area contributed by atoms with E-state index < -0.39 is 5.97 Å². The summed E-state index contributed by atoms with van der Waals surface area (Å²) in [6.07, 6.45) is 0.757. The molecule has 1 aliphatic rings. The lowest BCUT2D eigenvalue weighted by Crippen LogP contribution is -2.53. The smallest absolute Gasteiger partial charge is 0.309 e. The molecule has 1 aliphatic heterocycles. The van der Waals surface area contributed by atoms with Crippen LogP contribution in [0.2, 0.25) is 0 Å². The Morgan fingerprint density at radius 2 is 2.00 bits per heavy atom. The number of ether oxygens (including phenoxy) is 1. The predicted octanol–water partition coefficient (Wildman–Crippen LogP) is 0.370. The van der Waals surface area contributed by atoms with Crippen LogP contribution >= 0.6 is 0 Å². The van der Waals surface area contributed by atoms with Crippen molar-refractivity contribution in [2.45, 2.75) is 6.42 Å². The molecular formula is C15H20N2O4. The first kappa shape index (κ1) is 15.3. The van der Waals surface area contributed by atoms with Crippen molar-refractivity contribution in [1.29, 1.82) is 0 Å². The number of carbonyl (C=O) groups is 2. The fourth-order valence-corrected chi connectivity index (χ4v) is 2.25. The fraction of sp³-hybridized carbons (Fsp3) is 0.467. The third kappa shape index (κ3) is 4.46. The second kappa shape index (κ2) is 7.08. The number of aliphatic carboxylic acids is 1. The van der Waals surface area contributed by atoms with E-state index in [1.54, 1.807) is 7.11 Å². The Labute approximate surface area is 123 Å². The van der Waals surface area contributed by atoms with Gasteiger partial charge in [0.1, 0.15) is 5.75 Å². The molecule has 0 spiro atoms. The lowest BCUT2D eigenvalue weighted by molar-refractivity contribution is -0.148. The van der Waals surface area contributed by atoms with Crippen LogP contribution in [0.25, 0.3) is 0 Å². The minimum Gasteiger partial charge on any atom is -0.497 e. The first-order chi connectivity index (χ1) is 10.1. The molecule has 0 atom stereocenters. The van der Waals surface area contributed by atoms with Crippen molar-refractivity contribution in [2.24, 2.45) is 5.92 Å². The largest absolute Gasteiger partial charge is 0.497 e. The van der Waals surface area contributed by atoms with E-state index in [2.05, 4.69) is 5.32 Å². The van der Waals surface area contributed by atoms with Gasteiger partial charge in [-0.15, -0.1) is 0 Å². The van der Waals surface area contributed by atoms with Crippen molar-refractivity contribution < 1.29 is 19.4 Å². The van der Waals surface area contributed by atoms with Crippen molar-refractivity contribution in [3.05, 3.63) is 29.8 Å². The van der Waals surface area contributed by atoms with E-state index in [9.17, 15) is 9.59 Å². The Hall–Kier alpha value is -2.08. The zero-order chi connectivity index (χ0) is 15.2. The molecule has 21 heavy (non-hydrogen) atoms. The number of amides is 1. The highest BCUT2D eigenvalue weighted by Crippen LogP contribution is 2.14. The van der Waals surface area contributed by atoms with Gasteiger partial charge in [0.2, 0.25) is 5.91 Å². The van der Waals surface area contributed by atoms with Crippen molar-refractivity contribution in [2.75, 3.05) is 33.3 Å². The number of benzene rings is 1. The van der Waals surface area contributed by atoms with Crippen LogP contribution in [0.5, 0.6) is 5.75 Å². The predicted molar refractivity (Wildman–Crippen MR) is 77.3 cm³/mol. The van der Waals surface area contributed by atoms with E-state index in [1.165, 1.54) is 0 Å². The maximum Gasteiger partial charge on any atom is 0.309 e. The lowest BCUT2D eigenvalue weighted by atomic mass is 10.0. The summed E-state index contributed by atoms with van der Waals surface area (Å²) in [5.74, 6) is -0.357. The van der Waals surface area contributed by atoms with Crippen molar-refractivity contribution in [3.63, 3.8) is 0 Å². The Balaban J connectivity index is 1.62. The van der Waals surface area contributed by atoms with E-state index in [1.807, 2.05) is 29.2 Å². The van der Waals surface area contributed by atoms with Crippen molar-refractivity contribution in [1.82, 2.24) is 10.2 Å². The number of likely N-dealkylation sites (tertiary alicyclic amines) is 1. The van der Waals surface area contributed by atoms with Crippen LogP contribution in [0.15, 0.2) is 24.3 Å². The Morgan fingerprint density at radius 3 is 2.57 bits per heavy atom. The molecule has 1 heterocycles. The van der Waals surface area contributed by atoms with Gasteiger partial charge < -0.3 is 15.2 Å². The van der Waals surface area contributed by atoms with Crippen LogP contribution in [-0.2, 0) is 16.0 Å². The molecule has 1 saturated heterocycles. The van der Waals surface area contributed by atoms with E-state index in [4.69, 9.17) is 9.84 Å². The van der Waals surface area contributed by atoms with E-state index in [0.717, 1.165) is 17.7 Å². The average Bonchev–Trinajstić information content (AvgIpc) is 2.42. The monoisotopic (exact) mass is 292 g/mol. The number of rotatable bonds is 7. The van der Waals surface area contributed by atoms with Crippen LogP contribution in [0.3, 0.4) is 0 Å². The Kier molecular flexibility index (Phi) is 5.16. The van der Waals surface area contributed by atoms with Gasteiger partial charge in [0, 0.05) is 19.6 Å². The summed E-state index contributed by atoms with van der Waals surface area (Å²) in [6, 6.07) is 7.72. The number of methoxy groups -OCH3 is 1. The molecule has 0 radical (unpaired) electrons. The highest BCUT2D eigenvalue weighted by atomic mass is 16.5. The second-order valence-corrected chi connectivity index (χ2v) is 5.18. The number of carboxylic acid groups (broad SMARTS) is 1. The zero-order valence-corrected chi connectivity index (χ0v) is 12.0. The summed E-state index contributed by atoms with van der Waals surface area (Å²) in [5.41, 5.74) is 1.13. The second-order valence-electron chi connectivity index (χ2n) is 5.18. The van der Waals surface area contributed by atoms with Gasteiger partial charge in [-0.3, -0.25) is 14.5 Å². The third-order valence-electron chi connectivity index (χ3n) is 3.57. The van der Waals surface area contributed by atoms with Gasteiger partial charge in [-0.05, 0) is 24.1 Å². The maximum atomic E-state index is 11.7. The third-order valence-corrected chi connectivity index (χ3v) is 3.57. The Morgan fingerprint density at radius 1 is 1.33 bits per heavy atom. The van der Waals surface area contributed by atoms with Gasteiger partial charge in [0.05, 0.1) is 19.6 Å². The number of nitrogens with one attached hydrogen (secondary N) is 1. The molecular weight excluding hydrogens is 272 g/mol. The normalized spacial score (nSPS) is 15.3. The van der Waals surface area contributed by atoms with E-state index in [0.29, 0.717) is 19.6 Å². The van der Waals surface area contributed by atoms with E-state index >= 15 is 0 Å². The molecule has 114 valence electrons. The van der Waals surface area contributed by atoms with Crippen molar-refractivity contribution in [3.8, 4) is 5.75 Å². The number of carboxylic acids is 1. The molecule has 0 unspecified atom stereocenters. The molecule has 6 nitrogen and oxygen atoms in total. The number of carbonyl (C=O) groups excluding carboxylic acids is 1. The molecule has 0 bridgehead atoms. The minimum absolute atomic E-state index is 0.0626. The average molecular weight is 292 g/mol. The standard InChI is InChI=1S/C15H20N2O4/c1-21-13-4-2-11(3-5-13)6-7-16-14(18)10-17-8-12(9-17)15(19)20/h2-5,12H,6-10H2,1H3,(H,16,18)(H,19,20). The highest BCUT2D eigenvalue weighted by Gasteiger charge is 2.33. The van der Waals surface area contributed by atoms with Gasteiger partial charge in [-0.2, -0.15) is 0 Å². The fourth-order valence-electron chi connectivity index (χ4n) is 2.25. The number of hydrogen-bond donors (Lipinski definition) is 2. The number of nitrogens with zero attached hydrogens (tertiary/aromatic N) is 1. The van der Waals surface area contributed by atoms with Gasteiger partial charge in [0.15, 0.2) is 0 Å². The lowest BCUT2D eigenvalue weighted by Gasteiger charge is -2.35. The molecule has 6 heteroatoms. The molecule has 0 aliphatic carbocycles. The molecule has 1 aromatic rings. The van der Waals surface area contributed by atoms with Crippen LogP contribution < -0.4 is 10.1 Å². The van der Waals surface area contributed by atoms with Crippen molar-refractivity contribution >= 4 is 11.9 Å². The van der Waals surface area contributed by atoms with Gasteiger partial charge >= 0.3 is 5.97 Å². The SMILES string of the molecule is COc1ccc(CCNC(=O)CN2CC(C(=O)O)C2)cc1. The van der Waals surface area contributed by atoms with Gasteiger partial charge in [-0.25, -0.2) is 0 Å². The zero-order valence-electron chi connectivity index (χ0n) is 12.0. The van der Waals surface area contributed by atoms with Crippen LogP contribution in [0.4, 0.5) is 0 Å². The number of hydrogen-bond acceptors (Lipinski definition) is 4. The minimum atomic E-state index is -0.786. The molecule has 2 N–H and O–H groups in total. The summed E-state index contributed by atoms with van der Waals surface area (Å²) >= 11 is 0. The van der Waals surface area contributed by atoms with Crippen LogP contribution in [0.1, 0.15) is 5.56 Å². The van der Waals surface area contributed by atoms with Gasteiger partial charge in [0.25, 0.3) is 0 Å².